The zero-order valence-corrected chi connectivity index (χ0v) is 12.7. The summed E-state index contributed by atoms with van der Waals surface area (Å²) in [6.07, 6.45) is 12.0. The zero-order valence-electron chi connectivity index (χ0n) is 11.9. The van der Waals surface area contributed by atoms with Gasteiger partial charge in [-0.1, -0.05) is 6.92 Å². The first-order valence-corrected chi connectivity index (χ1v) is 8.90. The molecule has 2 saturated carbocycles. The Balaban J connectivity index is 1.70. The summed E-state index contributed by atoms with van der Waals surface area (Å²) < 4.78 is 0. The van der Waals surface area contributed by atoms with Gasteiger partial charge in [0.05, 0.1) is 11.2 Å². The Kier molecular flexibility index (Phi) is 2.96. The molecule has 0 amide bonds. The Morgan fingerprint density at radius 3 is 2.63 bits per heavy atom. The molecule has 1 atom stereocenters. The molecular formula is C16H24N2S. The fourth-order valence-corrected chi connectivity index (χ4v) is 5.06. The van der Waals surface area contributed by atoms with Crippen molar-refractivity contribution in [2.45, 2.75) is 76.3 Å². The Hall–Kier alpha value is -0.410. The molecule has 1 N–H and O–H groups in total. The highest BCUT2D eigenvalue weighted by Crippen LogP contribution is 2.50. The molecule has 0 saturated heterocycles. The molecule has 0 radical (unpaired) electrons. The highest BCUT2D eigenvalue weighted by molar-refractivity contribution is 7.11. The molecule has 0 bridgehead atoms. The van der Waals surface area contributed by atoms with Gasteiger partial charge < -0.3 is 5.32 Å². The molecule has 0 aliphatic heterocycles. The normalized spacial score (nSPS) is 25.9. The molecule has 3 aliphatic rings. The lowest BCUT2D eigenvalue weighted by Crippen LogP contribution is -2.45. The Morgan fingerprint density at radius 1 is 1.21 bits per heavy atom. The third-order valence-electron chi connectivity index (χ3n) is 5.10. The number of fused-ring (bicyclic) bond motifs is 1. The second-order valence-corrected chi connectivity index (χ2v) is 7.70. The molecule has 3 aliphatic carbocycles. The molecule has 0 aromatic carbocycles. The summed E-state index contributed by atoms with van der Waals surface area (Å²) in [6.45, 7) is 2.36. The lowest BCUT2D eigenvalue weighted by atomic mass is 9.90. The van der Waals surface area contributed by atoms with Crippen LogP contribution < -0.4 is 5.32 Å². The summed E-state index contributed by atoms with van der Waals surface area (Å²) in [6, 6.07) is 0.779. The van der Waals surface area contributed by atoms with Crippen LogP contribution in [0.1, 0.15) is 67.4 Å². The summed E-state index contributed by atoms with van der Waals surface area (Å²) >= 11 is 2.03. The first kappa shape index (κ1) is 12.3. The molecule has 2 fully saturated rings. The van der Waals surface area contributed by atoms with E-state index in [4.69, 9.17) is 4.98 Å². The van der Waals surface area contributed by atoms with Crippen molar-refractivity contribution in [3.63, 3.8) is 0 Å². The number of hydrogen-bond donors (Lipinski definition) is 1. The van der Waals surface area contributed by atoms with Gasteiger partial charge in [0.25, 0.3) is 0 Å². The van der Waals surface area contributed by atoms with Crippen molar-refractivity contribution in [2.75, 3.05) is 0 Å². The molecule has 1 aromatic rings. The van der Waals surface area contributed by atoms with Gasteiger partial charge in [-0.3, -0.25) is 0 Å². The fourth-order valence-electron chi connectivity index (χ4n) is 3.61. The maximum Gasteiger partial charge on any atom is 0.114 e. The molecule has 4 rings (SSSR count). The number of nitrogens with zero attached hydrogens (tertiary/aromatic N) is 1. The molecule has 3 heteroatoms. The van der Waals surface area contributed by atoms with Crippen LogP contribution in [0.15, 0.2) is 0 Å². The smallest absolute Gasteiger partial charge is 0.114 e. The summed E-state index contributed by atoms with van der Waals surface area (Å²) in [7, 11) is 0. The maximum absolute atomic E-state index is 5.09. The van der Waals surface area contributed by atoms with Crippen molar-refractivity contribution in [3.05, 3.63) is 15.6 Å². The summed E-state index contributed by atoms with van der Waals surface area (Å²) in [5, 5.41) is 5.42. The van der Waals surface area contributed by atoms with E-state index in [9.17, 15) is 0 Å². The van der Waals surface area contributed by atoms with Gasteiger partial charge in [0, 0.05) is 10.9 Å². The van der Waals surface area contributed by atoms with Gasteiger partial charge in [-0.2, -0.15) is 0 Å². The van der Waals surface area contributed by atoms with E-state index >= 15 is 0 Å². The van der Waals surface area contributed by atoms with Crippen LogP contribution >= 0.6 is 11.3 Å². The lowest BCUT2D eigenvalue weighted by Gasteiger charge is -2.32. The zero-order chi connectivity index (χ0) is 12.9. The van der Waals surface area contributed by atoms with Crippen molar-refractivity contribution in [1.29, 1.82) is 0 Å². The van der Waals surface area contributed by atoms with Gasteiger partial charge in [0.2, 0.25) is 0 Å². The summed E-state index contributed by atoms with van der Waals surface area (Å²) in [5.41, 5.74) is 1.66. The van der Waals surface area contributed by atoms with Gasteiger partial charge in [-0.25, -0.2) is 4.98 Å². The lowest BCUT2D eigenvalue weighted by molar-refractivity contribution is 0.271. The van der Waals surface area contributed by atoms with Gasteiger partial charge in [-0.15, -0.1) is 11.3 Å². The number of thiazole rings is 1. The molecular weight excluding hydrogens is 252 g/mol. The van der Waals surface area contributed by atoms with Crippen LogP contribution in [0.3, 0.4) is 0 Å². The van der Waals surface area contributed by atoms with Crippen molar-refractivity contribution < 1.29 is 0 Å². The molecule has 2 nitrogen and oxygen atoms in total. The number of hydrogen-bond acceptors (Lipinski definition) is 3. The van der Waals surface area contributed by atoms with Crippen LogP contribution in [0.25, 0.3) is 0 Å². The standard InChI is InChI=1S/C16H24N2S/c1-2-16(11-7-8-11,18-12-9-10-12)15-17-13-5-3-4-6-14(13)19-15/h11-12,18H,2-10H2,1H3. The summed E-state index contributed by atoms with van der Waals surface area (Å²) in [4.78, 5) is 6.69. The van der Waals surface area contributed by atoms with Gasteiger partial charge >= 0.3 is 0 Å². The topological polar surface area (TPSA) is 24.9 Å². The average Bonchev–Trinajstić information content (AvgIpc) is 3.33. The van der Waals surface area contributed by atoms with E-state index in [1.807, 2.05) is 11.3 Å². The molecule has 0 spiro atoms. The molecule has 1 unspecified atom stereocenters. The van der Waals surface area contributed by atoms with Crippen LogP contribution in [0.2, 0.25) is 0 Å². The predicted molar refractivity (Wildman–Crippen MR) is 79.6 cm³/mol. The Bertz CT molecular complexity index is 450. The minimum atomic E-state index is 0.225. The second kappa shape index (κ2) is 4.56. The molecule has 1 aromatic heterocycles. The van der Waals surface area contributed by atoms with Gasteiger partial charge in [0.15, 0.2) is 0 Å². The highest BCUT2D eigenvalue weighted by Gasteiger charge is 2.49. The minimum Gasteiger partial charge on any atom is -0.302 e. The number of nitrogens with one attached hydrogen (secondary N) is 1. The van der Waals surface area contributed by atoms with E-state index < -0.39 is 0 Å². The van der Waals surface area contributed by atoms with E-state index in [1.54, 1.807) is 4.88 Å². The number of rotatable bonds is 5. The quantitative estimate of drug-likeness (QED) is 0.885. The third kappa shape index (κ3) is 2.15. The van der Waals surface area contributed by atoms with E-state index in [-0.39, 0.29) is 5.54 Å². The Labute approximate surface area is 120 Å². The van der Waals surface area contributed by atoms with Crippen molar-refractivity contribution in [2.24, 2.45) is 5.92 Å². The van der Waals surface area contributed by atoms with E-state index in [2.05, 4.69) is 12.2 Å². The first-order valence-electron chi connectivity index (χ1n) is 8.08. The van der Waals surface area contributed by atoms with Crippen LogP contribution in [-0.4, -0.2) is 11.0 Å². The monoisotopic (exact) mass is 276 g/mol. The van der Waals surface area contributed by atoms with Crippen molar-refractivity contribution >= 4 is 11.3 Å². The molecule has 19 heavy (non-hydrogen) atoms. The van der Waals surface area contributed by atoms with Crippen LogP contribution in [-0.2, 0) is 18.4 Å². The highest BCUT2D eigenvalue weighted by atomic mass is 32.1. The van der Waals surface area contributed by atoms with E-state index in [0.29, 0.717) is 0 Å². The number of aromatic nitrogens is 1. The third-order valence-corrected chi connectivity index (χ3v) is 6.43. The van der Waals surface area contributed by atoms with Crippen LogP contribution in [0.4, 0.5) is 0 Å². The van der Waals surface area contributed by atoms with E-state index in [0.717, 1.165) is 12.0 Å². The molecule has 104 valence electrons. The molecule has 1 heterocycles. The van der Waals surface area contributed by atoms with Gasteiger partial charge in [0.1, 0.15) is 5.01 Å². The SMILES string of the molecule is CCC(NC1CC1)(c1nc2c(s1)CCCC2)C1CC1. The van der Waals surface area contributed by atoms with E-state index in [1.165, 1.54) is 68.5 Å². The van der Waals surface area contributed by atoms with Gasteiger partial charge in [-0.05, 0) is 63.7 Å². The predicted octanol–water partition coefficient (Wildman–Crippen LogP) is 3.79. The van der Waals surface area contributed by atoms with Crippen LogP contribution in [0.5, 0.6) is 0 Å². The minimum absolute atomic E-state index is 0.225. The first-order chi connectivity index (χ1) is 9.32. The fraction of sp³-hybridized carbons (Fsp3) is 0.812. The summed E-state index contributed by atoms with van der Waals surface area (Å²) in [5.74, 6) is 0.853. The van der Waals surface area contributed by atoms with Crippen molar-refractivity contribution in [1.82, 2.24) is 10.3 Å². The maximum atomic E-state index is 5.09. The van der Waals surface area contributed by atoms with Crippen LogP contribution in [0, 0.1) is 5.92 Å². The average molecular weight is 276 g/mol. The van der Waals surface area contributed by atoms with Crippen molar-refractivity contribution in [3.8, 4) is 0 Å². The number of aryl methyl sites for hydroxylation is 2. The largest absolute Gasteiger partial charge is 0.302 e. The Morgan fingerprint density at radius 2 is 2.00 bits per heavy atom. The second-order valence-electron chi connectivity index (χ2n) is 6.61.